The van der Waals surface area contributed by atoms with Crippen molar-refractivity contribution in [3.8, 4) is 11.3 Å². The van der Waals surface area contributed by atoms with Crippen LogP contribution in [0.3, 0.4) is 0 Å². The predicted molar refractivity (Wildman–Crippen MR) is 137 cm³/mol. The van der Waals surface area contributed by atoms with Crippen molar-refractivity contribution in [2.24, 2.45) is 0 Å². The van der Waals surface area contributed by atoms with E-state index in [1.807, 2.05) is 49.4 Å². The molecule has 1 N–H and O–H groups in total. The average molecular weight is 463 g/mol. The first-order valence-corrected chi connectivity index (χ1v) is 11.5. The largest absolute Gasteiger partial charge is 0.480 e. The number of nitrogens with one attached hydrogen (secondary N) is 1. The fourth-order valence-electron chi connectivity index (χ4n) is 3.50. The van der Waals surface area contributed by atoms with Crippen molar-refractivity contribution in [3.05, 3.63) is 94.6 Å². The Hall–Kier alpha value is -3.42. The smallest absolute Gasteiger partial charge is 0.267 e. The van der Waals surface area contributed by atoms with Gasteiger partial charge in [-0.25, -0.2) is 4.68 Å². The second kappa shape index (κ2) is 12.7. The fourth-order valence-corrected chi connectivity index (χ4v) is 3.50. The topological polar surface area (TPSA) is 68.6 Å². The van der Waals surface area contributed by atoms with E-state index in [9.17, 15) is 4.79 Å². The molecule has 0 unspecified atom stereocenters. The number of benzene rings is 2. The molecule has 0 fully saturated rings. The van der Waals surface area contributed by atoms with Gasteiger partial charge in [-0.05, 0) is 76.0 Å². The molecule has 0 spiro atoms. The predicted octanol–water partition coefficient (Wildman–Crippen LogP) is 4.35. The lowest BCUT2D eigenvalue weighted by atomic mass is 10.1. The van der Waals surface area contributed by atoms with Crippen LogP contribution in [0, 0.1) is 0 Å². The van der Waals surface area contributed by atoms with Crippen molar-refractivity contribution in [2.45, 2.75) is 26.5 Å². The van der Waals surface area contributed by atoms with Gasteiger partial charge in [0.2, 0.25) is 0 Å². The lowest BCUT2D eigenvalue weighted by Crippen LogP contribution is -2.22. The van der Waals surface area contributed by atoms with E-state index in [0.29, 0.717) is 25.6 Å². The van der Waals surface area contributed by atoms with Gasteiger partial charge in [0.05, 0.1) is 25.5 Å². The van der Waals surface area contributed by atoms with Crippen LogP contribution >= 0.6 is 0 Å². The van der Waals surface area contributed by atoms with Crippen LogP contribution in [0.15, 0.2) is 77.9 Å². The van der Waals surface area contributed by atoms with Gasteiger partial charge in [0.25, 0.3) is 5.56 Å². The highest BCUT2D eigenvalue weighted by molar-refractivity contribution is 5.59. The zero-order valence-corrected chi connectivity index (χ0v) is 20.3. The van der Waals surface area contributed by atoms with Crippen molar-refractivity contribution in [1.82, 2.24) is 14.7 Å². The highest BCUT2D eigenvalue weighted by Crippen LogP contribution is 2.19. The molecule has 180 valence electrons. The van der Waals surface area contributed by atoms with Crippen molar-refractivity contribution in [2.75, 3.05) is 39.2 Å². The molecule has 1 heterocycles. The van der Waals surface area contributed by atoms with E-state index in [1.165, 1.54) is 4.68 Å². The molecule has 0 saturated carbocycles. The summed E-state index contributed by atoms with van der Waals surface area (Å²) in [6, 6.07) is 19.2. The van der Waals surface area contributed by atoms with Gasteiger partial charge in [0.15, 0.2) is 5.88 Å². The monoisotopic (exact) mass is 462 g/mol. The lowest BCUT2D eigenvalue weighted by Gasteiger charge is -2.12. The summed E-state index contributed by atoms with van der Waals surface area (Å²) >= 11 is 0. The molecule has 0 radical (unpaired) electrons. The Morgan fingerprint density at radius 1 is 1.09 bits per heavy atom. The molecule has 0 saturated heterocycles. The summed E-state index contributed by atoms with van der Waals surface area (Å²) in [6.45, 7) is 8.93. The van der Waals surface area contributed by atoms with Gasteiger partial charge in [0, 0.05) is 23.9 Å². The summed E-state index contributed by atoms with van der Waals surface area (Å²) in [5.41, 5.74) is 4.41. The minimum absolute atomic E-state index is 0.152. The molecular formula is C27H34N4O3. The van der Waals surface area contributed by atoms with E-state index in [1.54, 1.807) is 12.1 Å². The van der Waals surface area contributed by atoms with Gasteiger partial charge in [-0.15, -0.1) is 0 Å². The van der Waals surface area contributed by atoms with E-state index in [0.717, 1.165) is 47.6 Å². The molecule has 7 nitrogen and oxygen atoms in total. The van der Waals surface area contributed by atoms with Crippen LogP contribution in [0.2, 0.25) is 0 Å². The second-order valence-electron chi connectivity index (χ2n) is 8.31. The molecule has 0 atom stereocenters. The van der Waals surface area contributed by atoms with Crippen LogP contribution < -0.4 is 10.9 Å². The molecule has 1 aromatic heterocycles. The minimum atomic E-state index is -0.152. The quantitative estimate of drug-likeness (QED) is 0.301. The zero-order valence-electron chi connectivity index (χ0n) is 20.3. The van der Waals surface area contributed by atoms with E-state index in [4.69, 9.17) is 9.47 Å². The summed E-state index contributed by atoms with van der Waals surface area (Å²) < 4.78 is 12.7. The normalized spacial score (nSPS) is 10.9. The maximum atomic E-state index is 12.5. The highest BCUT2D eigenvalue weighted by Gasteiger charge is 2.07. The molecule has 3 aromatic rings. The molecule has 0 aliphatic heterocycles. The van der Waals surface area contributed by atoms with Gasteiger partial charge in [-0.3, -0.25) is 4.79 Å². The van der Waals surface area contributed by atoms with Gasteiger partial charge in [0.1, 0.15) is 0 Å². The summed E-state index contributed by atoms with van der Waals surface area (Å²) in [4.78, 5) is 14.6. The van der Waals surface area contributed by atoms with E-state index in [2.05, 4.69) is 42.1 Å². The van der Waals surface area contributed by atoms with Crippen LogP contribution in [-0.2, 0) is 22.6 Å². The van der Waals surface area contributed by atoms with Crippen LogP contribution in [0.5, 0.6) is 0 Å². The van der Waals surface area contributed by atoms with Crippen LogP contribution in [-0.4, -0.2) is 48.5 Å². The van der Waals surface area contributed by atoms with Crippen LogP contribution in [0.25, 0.3) is 11.3 Å². The Morgan fingerprint density at radius 3 is 2.68 bits per heavy atom. The SMILES string of the molecule is C=C(Nc1cccc(Cn2nc(-c3cccc(COCCCN(C)C)c3)ccc2=O)c1)OCC. The van der Waals surface area contributed by atoms with Crippen molar-refractivity contribution in [3.63, 3.8) is 0 Å². The molecule has 2 aromatic carbocycles. The second-order valence-corrected chi connectivity index (χ2v) is 8.31. The Balaban J connectivity index is 1.70. The first-order valence-electron chi connectivity index (χ1n) is 11.5. The van der Waals surface area contributed by atoms with Crippen molar-refractivity contribution < 1.29 is 9.47 Å². The summed E-state index contributed by atoms with van der Waals surface area (Å²) in [5, 5.41) is 7.74. The minimum Gasteiger partial charge on any atom is -0.480 e. The third-order valence-corrected chi connectivity index (χ3v) is 5.11. The Morgan fingerprint density at radius 2 is 1.88 bits per heavy atom. The summed E-state index contributed by atoms with van der Waals surface area (Å²) in [6.07, 6.45) is 0.996. The standard InChI is InChI=1S/C27H34N4O3/c1-5-34-21(2)28-25-12-7-9-22(18-25)19-31-27(32)14-13-26(29-31)24-11-6-10-23(17-24)20-33-16-8-15-30(3)4/h6-7,9-14,17-18,28H,2,5,8,15-16,19-20H2,1,3-4H3. The number of anilines is 1. The third-order valence-electron chi connectivity index (χ3n) is 5.11. The summed E-state index contributed by atoms with van der Waals surface area (Å²) in [5.74, 6) is 0.485. The van der Waals surface area contributed by atoms with Gasteiger partial charge >= 0.3 is 0 Å². The average Bonchev–Trinajstić information content (AvgIpc) is 2.81. The fraction of sp³-hybridized carbons (Fsp3) is 0.333. The van der Waals surface area contributed by atoms with E-state index >= 15 is 0 Å². The number of hydrogen-bond donors (Lipinski definition) is 1. The van der Waals surface area contributed by atoms with Gasteiger partial charge in [-0.2, -0.15) is 5.10 Å². The molecule has 0 aliphatic carbocycles. The molecule has 0 bridgehead atoms. The number of aromatic nitrogens is 2. The number of hydrogen-bond acceptors (Lipinski definition) is 6. The number of nitrogens with zero attached hydrogens (tertiary/aromatic N) is 3. The highest BCUT2D eigenvalue weighted by atomic mass is 16.5. The first-order chi connectivity index (χ1) is 16.4. The summed E-state index contributed by atoms with van der Waals surface area (Å²) in [7, 11) is 4.12. The maximum absolute atomic E-state index is 12.5. The first kappa shape index (κ1) is 25.2. The zero-order chi connectivity index (χ0) is 24.3. The Bertz CT molecular complexity index is 1140. The van der Waals surface area contributed by atoms with Gasteiger partial charge < -0.3 is 19.7 Å². The van der Waals surface area contributed by atoms with Crippen molar-refractivity contribution >= 4 is 5.69 Å². The molecule has 34 heavy (non-hydrogen) atoms. The van der Waals surface area contributed by atoms with E-state index < -0.39 is 0 Å². The molecule has 7 heteroatoms. The van der Waals surface area contributed by atoms with Crippen LogP contribution in [0.4, 0.5) is 5.69 Å². The lowest BCUT2D eigenvalue weighted by molar-refractivity contribution is 0.113. The van der Waals surface area contributed by atoms with E-state index in [-0.39, 0.29) is 5.56 Å². The maximum Gasteiger partial charge on any atom is 0.267 e. The molecule has 0 amide bonds. The van der Waals surface area contributed by atoms with Crippen molar-refractivity contribution in [1.29, 1.82) is 0 Å². The molecule has 0 aliphatic rings. The Kier molecular flexibility index (Phi) is 9.43. The number of rotatable bonds is 13. The molecular weight excluding hydrogens is 428 g/mol. The number of ether oxygens (including phenoxy) is 2. The third kappa shape index (κ3) is 7.86. The Labute approximate surface area is 201 Å². The molecule has 3 rings (SSSR count). The van der Waals surface area contributed by atoms with Crippen LogP contribution in [0.1, 0.15) is 24.5 Å². The van der Waals surface area contributed by atoms with Gasteiger partial charge in [-0.1, -0.05) is 30.3 Å².